The summed E-state index contributed by atoms with van der Waals surface area (Å²) in [4.78, 5) is 0.396. The molecule has 0 bridgehead atoms. The molecule has 0 aromatic heterocycles. The fraction of sp³-hybridized carbons (Fsp3) is 0. The van der Waals surface area contributed by atoms with E-state index in [0.717, 1.165) is 0 Å². The minimum absolute atomic E-state index is 0. The van der Waals surface area contributed by atoms with Crippen molar-refractivity contribution in [2.24, 2.45) is 0 Å². The summed E-state index contributed by atoms with van der Waals surface area (Å²) in [5, 5.41) is 10.4. The Morgan fingerprint density at radius 3 is 2.44 bits per heavy atom. The van der Waals surface area contributed by atoms with Crippen LogP contribution in [0.5, 0.6) is 0 Å². The van der Waals surface area contributed by atoms with Crippen molar-refractivity contribution in [2.45, 2.75) is 0 Å². The Morgan fingerprint density at radius 1 is 1.44 bits per heavy atom. The van der Waals surface area contributed by atoms with Crippen LogP contribution < -0.4 is 5.06 Å². The van der Waals surface area contributed by atoms with Crippen LogP contribution in [0, 0.1) is 5.21 Å². The SMILES string of the molecule is [Na].[O-][NH+]1C=CC=CC1=S. The molecule has 1 unspecified atom stereocenters. The first kappa shape index (κ1) is 9.49. The average molecular weight is 150 g/mol. The van der Waals surface area contributed by atoms with Crippen LogP contribution in [0.25, 0.3) is 0 Å². The second kappa shape index (κ2) is 4.33. The largest absolute Gasteiger partial charge is 0.623 e. The number of rotatable bonds is 0. The molecule has 9 heavy (non-hydrogen) atoms. The molecule has 1 aliphatic rings. The van der Waals surface area contributed by atoms with Crippen LogP contribution in [-0.4, -0.2) is 34.5 Å². The van der Waals surface area contributed by atoms with Crippen LogP contribution in [0.3, 0.4) is 0 Å². The Bertz CT molecular complexity index is 166. The molecule has 2 nitrogen and oxygen atoms in total. The van der Waals surface area contributed by atoms with Crippen molar-refractivity contribution in [2.75, 3.05) is 0 Å². The molecule has 1 rings (SSSR count). The maximum atomic E-state index is 10.5. The Hall–Kier alpha value is 0.490. The summed E-state index contributed by atoms with van der Waals surface area (Å²) in [6.07, 6.45) is 6.52. The van der Waals surface area contributed by atoms with Crippen molar-refractivity contribution in [3.63, 3.8) is 0 Å². The minimum atomic E-state index is -0.0671. The third-order valence-corrected chi connectivity index (χ3v) is 1.19. The molecule has 0 aromatic rings. The van der Waals surface area contributed by atoms with Gasteiger partial charge in [-0.2, -0.15) is 0 Å². The molecule has 0 spiro atoms. The Balaban J connectivity index is 0.000000640. The standard InChI is InChI=1S/C5H5NOS.Na/c7-6-4-2-1-3-5(6)8;/h1-4,6H;. The van der Waals surface area contributed by atoms with E-state index in [-0.39, 0.29) is 34.6 Å². The molecule has 0 aromatic carbocycles. The first-order chi connectivity index (χ1) is 3.80. The van der Waals surface area contributed by atoms with Crippen LogP contribution in [0.4, 0.5) is 0 Å². The summed E-state index contributed by atoms with van der Waals surface area (Å²) in [5.41, 5.74) is 0. The summed E-state index contributed by atoms with van der Waals surface area (Å²) in [7, 11) is 0. The van der Waals surface area contributed by atoms with Crippen LogP contribution in [-0.2, 0) is 0 Å². The molecule has 0 fully saturated rings. The topological polar surface area (TPSA) is 27.5 Å². The van der Waals surface area contributed by atoms with Crippen molar-refractivity contribution in [3.8, 4) is 0 Å². The van der Waals surface area contributed by atoms with E-state index in [2.05, 4.69) is 12.2 Å². The van der Waals surface area contributed by atoms with E-state index in [1.165, 1.54) is 6.20 Å². The van der Waals surface area contributed by atoms with Gasteiger partial charge in [-0.15, -0.1) is 0 Å². The molecule has 43 valence electrons. The maximum absolute atomic E-state index is 10.5. The second-order valence-electron chi connectivity index (χ2n) is 1.45. The zero-order valence-electron chi connectivity index (χ0n) is 5.13. The van der Waals surface area contributed by atoms with Crippen molar-refractivity contribution in [1.82, 2.24) is 0 Å². The van der Waals surface area contributed by atoms with Crippen molar-refractivity contribution in [3.05, 3.63) is 29.6 Å². The van der Waals surface area contributed by atoms with Gasteiger partial charge >= 0.3 is 0 Å². The molecule has 4 heteroatoms. The Morgan fingerprint density at radius 2 is 2.11 bits per heavy atom. The molecule has 1 heterocycles. The van der Waals surface area contributed by atoms with Gasteiger partial charge in [0.1, 0.15) is 0 Å². The fourth-order valence-electron chi connectivity index (χ4n) is 0.450. The number of quaternary nitrogens is 1. The van der Waals surface area contributed by atoms with Crippen LogP contribution in [0.2, 0.25) is 0 Å². The Labute approximate surface area is 81.1 Å². The van der Waals surface area contributed by atoms with Crippen molar-refractivity contribution >= 4 is 46.8 Å². The summed E-state index contributed by atoms with van der Waals surface area (Å²) in [6, 6.07) is 0. The van der Waals surface area contributed by atoms with Gasteiger partial charge < -0.3 is 10.3 Å². The summed E-state index contributed by atoms with van der Waals surface area (Å²) in [6.45, 7) is 0. The predicted molar refractivity (Wildman–Crippen MR) is 41.0 cm³/mol. The van der Waals surface area contributed by atoms with Gasteiger partial charge in [0, 0.05) is 35.6 Å². The Kier molecular flexibility index (Phi) is 4.56. The van der Waals surface area contributed by atoms with Gasteiger partial charge in [0.2, 0.25) is 4.99 Å². The number of nitrogens with one attached hydrogen (secondary N) is 1. The van der Waals surface area contributed by atoms with Crippen LogP contribution in [0.1, 0.15) is 0 Å². The van der Waals surface area contributed by atoms with Gasteiger partial charge in [0.15, 0.2) is 0 Å². The molecule has 0 saturated heterocycles. The number of thiocarbonyl (C=S) groups is 1. The van der Waals surface area contributed by atoms with E-state index in [1.807, 2.05) is 0 Å². The zero-order valence-corrected chi connectivity index (χ0v) is 7.94. The first-order valence-electron chi connectivity index (χ1n) is 2.24. The molecule has 0 aliphatic carbocycles. The first-order valence-corrected chi connectivity index (χ1v) is 2.64. The number of hydrogen-bond donors (Lipinski definition) is 1. The van der Waals surface area contributed by atoms with Crippen LogP contribution >= 0.6 is 12.2 Å². The molecular formula is C5H5NNaOS. The van der Waals surface area contributed by atoms with E-state index < -0.39 is 0 Å². The van der Waals surface area contributed by atoms with Gasteiger partial charge in [-0.3, -0.25) is 0 Å². The van der Waals surface area contributed by atoms with E-state index in [0.29, 0.717) is 4.99 Å². The second-order valence-corrected chi connectivity index (χ2v) is 1.89. The number of allylic oxidation sites excluding steroid dienone is 2. The van der Waals surface area contributed by atoms with Crippen molar-refractivity contribution < 1.29 is 5.06 Å². The van der Waals surface area contributed by atoms with Gasteiger partial charge in [0.05, 0.1) is 6.20 Å². The van der Waals surface area contributed by atoms with Gasteiger partial charge in [-0.05, 0) is 18.3 Å². The van der Waals surface area contributed by atoms with Gasteiger partial charge in [-0.25, -0.2) is 0 Å². The fourth-order valence-corrected chi connectivity index (χ4v) is 0.597. The monoisotopic (exact) mass is 150 g/mol. The summed E-state index contributed by atoms with van der Waals surface area (Å²) in [5.74, 6) is 0. The molecule has 1 N–H and O–H groups in total. The van der Waals surface area contributed by atoms with E-state index in [9.17, 15) is 5.21 Å². The van der Waals surface area contributed by atoms with Crippen molar-refractivity contribution in [1.29, 1.82) is 0 Å². The average Bonchev–Trinajstić information content (AvgIpc) is 1.77. The molecule has 0 saturated carbocycles. The van der Waals surface area contributed by atoms with Gasteiger partial charge in [0.25, 0.3) is 0 Å². The maximum Gasteiger partial charge on any atom is 0.201 e. The van der Waals surface area contributed by atoms with Gasteiger partial charge in [-0.1, -0.05) is 6.08 Å². The predicted octanol–water partition coefficient (Wildman–Crippen LogP) is -0.601. The van der Waals surface area contributed by atoms with Crippen LogP contribution in [0.15, 0.2) is 24.4 Å². The smallest absolute Gasteiger partial charge is 0.201 e. The molecular weight excluding hydrogens is 145 g/mol. The van der Waals surface area contributed by atoms with E-state index >= 15 is 0 Å². The third kappa shape index (κ3) is 2.71. The quantitative estimate of drug-likeness (QED) is 0.283. The molecule has 1 radical (unpaired) electrons. The van der Waals surface area contributed by atoms with E-state index in [1.54, 1.807) is 18.2 Å². The normalized spacial score (nSPS) is 23.7. The molecule has 0 amide bonds. The zero-order chi connectivity index (χ0) is 5.98. The molecule has 1 atom stereocenters. The summed E-state index contributed by atoms with van der Waals surface area (Å²) >= 11 is 4.64. The number of hydrogen-bond acceptors (Lipinski definition) is 2. The molecule has 1 aliphatic heterocycles. The third-order valence-electron chi connectivity index (χ3n) is 0.849. The summed E-state index contributed by atoms with van der Waals surface area (Å²) < 4.78 is 0. The minimum Gasteiger partial charge on any atom is -0.623 e. The number of hydroxylamine groups is 2. The van der Waals surface area contributed by atoms with E-state index in [4.69, 9.17) is 0 Å².